The Morgan fingerprint density at radius 3 is 3.12 bits per heavy atom. The molecule has 2 aromatic rings. The third-order valence-corrected chi connectivity index (χ3v) is 2.54. The van der Waals surface area contributed by atoms with Crippen LogP contribution in [0.2, 0.25) is 0 Å². The van der Waals surface area contributed by atoms with Gasteiger partial charge in [-0.2, -0.15) is 0 Å². The molecule has 88 valence electrons. The Bertz CT molecular complexity index is 500. The van der Waals surface area contributed by atoms with Crippen LogP contribution in [0.5, 0.6) is 0 Å². The van der Waals surface area contributed by atoms with Gasteiger partial charge < -0.3 is 10.1 Å². The van der Waals surface area contributed by atoms with Crippen molar-refractivity contribution < 1.29 is 9.53 Å². The average Bonchev–Trinajstić information content (AvgIpc) is 2.79. The first-order valence-corrected chi connectivity index (χ1v) is 5.83. The molecule has 6 nitrogen and oxygen atoms in total. The number of aromatic nitrogens is 3. The summed E-state index contributed by atoms with van der Waals surface area (Å²) in [4.78, 5) is 23.4. The SMILES string of the molecule is CCOC(=O)c1csc(Nc2cnccn2)n1. The fraction of sp³-hybridized carbons (Fsp3) is 0.200. The normalized spacial score (nSPS) is 9.94. The van der Waals surface area contributed by atoms with E-state index in [0.717, 1.165) is 0 Å². The highest BCUT2D eigenvalue weighted by molar-refractivity contribution is 7.14. The second kappa shape index (κ2) is 5.35. The molecule has 0 aliphatic carbocycles. The number of thiazole rings is 1. The van der Waals surface area contributed by atoms with Crippen molar-refractivity contribution in [1.82, 2.24) is 15.0 Å². The third kappa shape index (κ3) is 2.97. The summed E-state index contributed by atoms with van der Waals surface area (Å²) < 4.78 is 4.84. The third-order valence-electron chi connectivity index (χ3n) is 1.79. The van der Waals surface area contributed by atoms with Crippen LogP contribution in [0, 0.1) is 0 Å². The Morgan fingerprint density at radius 2 is 2.41 bits per heavy atom. The zero-order valence-electron chi connectivity index (χ0n) is 9.08. The van der Waals surface area contributed by atoms with Gasteiger partial charge >= 0.3 is 5.97 Å². The molecule has 0 aliphatic rings. The molecular formula is C10H10N4O2S. The van der Waals surface area contributed by atoms with Gasteiger partial charge in [-0.25, -0.2) is 14.8 Å². The van der Waals surface area contributed by atoms with Gasteiger partial charge in [0.15, 0.2) is 16.6 Å². The van der Waals surface area contributed by atoms with E-state index in [2.05, 4.69) is 20.3 Å². The number of hydrogen-bond donors (Lipinski definition) is 1. The van der Waals surface area contributed by atoms with Gasteiger partial charge in [-0.15, -0.1) is 11.3 Å². The summed E-state index contributed by atoms with van der Waals surface area (Å²) in [5, 5.41) is 5.16. The molecule has 0 aliphatic heterocycles. The van der Waals surface area contributed by atoms with E-state index in [0.29, 0.717) is 23.3 Å². The van der Waals surface area contributed by atoms with Gasteiger partial charge in [0.05, 0.1) is 12.8 Å². The van der Waals surface area contributed by atoms with Gasteiger partial charge in [-0.3, -0.25) is 4.98 Å². The van der Waals surface area contributed by atoms with E-state index in [1.165, 1.54) is 11.3 Å². The number of ether oxygens (including phenoxy) is 1. The van der Waals surface area contributed by atoms with Crippen LogP contribution in [0.3, 0.4) is 0 Å². The molecule has 0 unspecified atom stereocenters. The second-order valence-corrected chi connectivity index (χ2v) is 3.83. The summed E-state index contributed by atoms with van der Waals surface area (Å²) in [5.41, 5.74) is 0.295. The molecule has 0 spiro atoms. The van der Waals surface area contributed by atoms with Gasteiger partial charge in [0.25, 0.3) is 0 Å². The number of nitrogens with zero attached hydrogens (tertiary/aromatic N) is 3. The maximum absolute atomic E-state index is 11.4. The number of esters is 1. The largest absolute Gasteiger partial charge is 0.461 e. The summed E-state index contributed by atoms with van der Waals surface area (Å²) in [5.74, 6) is 0.160. The maximum Gasteiger partial charge on any atom is 0.357 e. The van der Waals surface area contributed by atoms with E-state index in [9.17, 15) is 4.79 Å². The maximum atomic E-state index is 11.4. The summed E-state index contributed by atoms with van der Waals surface area (Å²) in [6.45, 7) is 2.09. The van der Waals surface area contributed by atoms with Crippen LogP contribution < -0.4 is 5.32 Å². The zero-order valence-corrected chi connectivity index (χ0v) is 9.90. The summed E-state index contributed by atoms with van der Waals surface area (Å²) in [7, 11) is 0. The molecule has 0 radical (unpaired) electrons. The monoisotopic (exact) mass is 250 g/mol. The van der Waals surface area contributed by atoms with Gasteiger partial charge in [0.2, 0.25) is 0 Å². The van der Waals surface area contributed by atoms with Crippen molar-refractivity contribution in [2.45, 2.75) is 6.92 Å². The Kier molecular flexibility index (Phi) is 3.61. The number of hydrogen-bond acceptors (Lipinski definition) is 7. The van der Waals surface area contributed by atoms with Crippen molar-refractivity contribution in [2.24, 2.45) is 0 Å². The van der Waals surface area contributed by atoms with Crippen LogP contribution in [0.4, 0.5) is 10.9 Å². The number of anilines is 2. The molecule has 2 aromatic heterocycles. The molecule has 0 fully saturated rings. The van der Waals surface area contributed by atoms with Crippen molar-refractivity contribution in [3.8, 4) is 0 Å². The van der Waals surface area contributed by atoms with Gasteiger partial charge in [-0.05, 0) is 6.92 Å². The lowest BCUT2D eigenvalue weighted by Gasteiger charge is -1.99. The smallest absolute Gasteiger partial charge is 0.357 e. The Morgan fingerprint density at radius 1 is 1.53 bits per heavy atom. The topological polar surface area (TPSA) is 77.0 Å². The Hall–Kier alpha value is -2.02. The van der Waals surface area contributed by atoms with E-state index >= 15 is 0 Å². The molecule has 0 saturated carbocycles. The Balaban J connectivity index is 2.06. The summed E-state index contributed by atoms with van der Waals surface area (Å²) >= 11 is 1.31. The Labute approximate surface area is 102 Å². The highest BCUT2D eigenvalue weighted by Crippen LogP contribution is 2.19. The molecule has 1 N–H and O–H groups in total. The molecule has 2 heterocycles. The number of carbonyl (C=O) groups is 1. The fourth-order valence-electron chi connectivity index (χ4n) is 1.10. The van der Waals surface area contributed by atoms with Crippen molar-refractivity contribution in [2.75, 3.05) is 11.9 Å². The number of nitrogens with one attached hydrogen (secondary N) is 1. The minimum Gasteiger partial charge on any atom is -0.461 e. The van der Waals surface area contributed by atoms with Crippen LogP contribution in [0.15, 0.2) is 24.0 Å². The quantitative estimate of drug-likeness (QED) is 0.834. The minimum atomic E-state index is -0.420. The lowest BCUT2D eigenvalue weighted by molar-refractivity contribution is 0.0520. The molecular weight excluding hydrogens is 240 g/mol. The predicted molar refractivity (Wildman–Crippen MR) is 63.4 cm³/mol. The number of carbonyl (C=O) groups excluding carboxylic acids is 1. The van der Waals surface area contributed by atoms with Gasteiger partial charge in [-0.1, -0.05) is 0 Å². The number of rotatable bonds is 4. The van der Waals surface area contributed by atoms with Crippen molar-refractivity contribution in [3.05, 3.63) is 29.7 Å². The highest BCUT2D eigenvalue weighted by Gasteiger charge is 2.11. The first kappa shape index (κ1) is 11.5. The van der Waals surface area contributed by atoms with Crippen molar-refractivity contribution >= 4 is 28.3 Å². The molecule has 0 bridgehead atoms. The lowest BCUT2D eigenvalue weighted by atomic mass is 10.5. The fourth-order valence-corrected chi connectivity index (χ4v) is 1.79. The molecule has 2 rings (SSSR count). The first-order valence-electron chi connectivity index (χ1n) is 4.95. The molecule has 7 heteroatoms. The van der Waals surface area contributed by atoms with Crippen molar-refractivity contribution in [3.63, 3.8) is 0 Å². The molecule has 0 atom stereocenters. The van der Waals surface area contributed by atoms with E-state index in [4.69, 9.17) is 4.74 Å². The highest BCUT2D eigenvalue weighted by atomic mass is 32.1. The zero-order chi connectivity index (χ0) is 12.1. The van der Waals surface area contributed by atoms with Gasteiger partial charge in [0, 0.05) is 17.8 Å². The standard InChI is InChI=1S/C10H10N4O2S/c1-2-16-9(15)7-6-17-10(13-7)14-8-5-11-3-4-12-8/h3-6H,2H2,1H3,(H,12,13,14). The van der Waals surface area contributed by atoms with Crippen LogP contribution in [-0.4, -0.2) is 27.5 Å². The van der Waals surface area contributed by atoms with Crippen molar-refractivity contribution in [1.29, 1.82) is 0 Å². The van der Waals surface area contributed by atoms with Gasteiger partial charge in [0.1, 0.15) is 0 Å². The molecule has 0 aromatic carbocycles. The minimum absolute atomic E-state index is 0.295. The molecule has 17 heavy (non-hydrogen) atoms. The van der Waals surface area contributed by atoms with E-state index < -0.39 is 5.97 Å². The summed E-state index contributed by atoms with van der Waals surface area (Å²) in [6, 6.07) is 0. The van der Waals surface area contributed by atoms with E-state index in [1.54, 1.807) is 30.9 Å². The predicted octanol–water partition coefficient (Wildman–Crippen LogP) is 1.85. The van der Waals surface area contributed by atoms with E-state index in [1.807, 2.05) is 0 Å². The molecule has 0 amide bonds. The lowest BCUT2D eigenvalue weighted by Crippen LogP contribution is -2.05. The average molecular weight is 250 g/mol. The second-order valence-electron chi connectivity index (χ2n) is 2.97. The first-order chi connectivity index (χ1) is 8.29. The van der Waals surface area contributed by atoms with E-state index in [-0.39, 0.29) is 0 Å². The van der Waals surface area contributed by atoms with Crippen LogP contribution in [0.1, 0.15) is 17.4 Å². The van der Waals surface area contributed by atoms with Crippen LogP contribution >= 0.6 is 11.3 Å². The van der Waals surface area contributed by atoms with Crippen LogP contribution in [0.25, 0.3) is 0 Å². The van der Waals surface area contributed by atoms with Crippen LogP contribution in [-0.2, 0) is 4.74 Å². The summed E-state index contributed by atoms with van der Waals surface area (Å²) in [6.07, 6.45) is 4.73. The molecule has 0 saturated heterocycles.